The van der Waals surface area contributed by atoms with E-state index in [1.165, 1.54) is 4.68 Å². The summed E-state index contributed by atoms with van der Waals surface area (Å²) in [6, 6.07) is 9.04. The van der Waals surface area contributed by atoms with Gasteiger partial charge >= 0.3 is 0 Å². The molecule has 0 saturated carbocycles. The van der Waals surface area contributed by atoms with Crippen molar-refractivity contribution in [3.8, 4) is 17.3 Å². The van der Waals surface area contributed by atoms with Gasteiger partial charge in [-0.2, -0.15) is 9.78 Å². The topological polar surface area (TPSA) is 82.6 Å². The molecule has 0 radical (unpaired) electrons. The summed E-state index contributed by atoms with van der Waals surface area (Å²) >= 11 is 5.20. The Morgan fingerprint density at radius 2 is 2.16 bits per heavy atom. The first-order valence-electron chi connectivity index (χ1n) is 7.97. The molecular weight excluding hydrogens is 338 g/mol. The molecule has 0 aliphatic rings. The summed E-state index contributed by atoms with van der Waals surface area (Å²) in [5.74, 6) is 1.17. The highest BCUT2D eigenvalue weighted by molar-refractivity contribution is 7.71. The second kappa shape index (κ2) is 7.35. The highest BCUT2D eigenvalue weighted by Gasteiger charge is 2.11. The molecule has 0 saturated heterocycles. The monoisotopic (exact) mass is 357 g/mol. The Labute approximate surface area is 150 Å². The molecule has 0 spiro atoms. The molecule has 8 heteroatoms. The molecular formula is C17H19N5O2S. The molecule has 3 aromatic rings. The number of phenols is 1. The predicted molar refractivity (Wildman–Crippen MR) is 99.8 cm³/mol. The molecule has 0 unspecified atom stereocenters. The van der Waals surface area contributed by atoms with Gasteiger partial charge in [-0.15, -0.1) is 5.10 Å². The molecule has 130 valence electrons. The fourth-order valence-electron chi connectivity index (χ4n) is 2.51. The first-order chi connectivity index (χ1) is 12.1. The van der Waals surface area contributed by atoms with E-state index in [1.807, 2.05) is 12.1 Å². The van der Waals surface area contributed by atoms with Crippen molar-refractivity contribution >= 4 is 24.1 Å². The number of aromatic hydroxyl groups is 1. The van der Waals surface area contributed by atoms with E-state index in [0.717, 1.165) is 18.8 Å². The molecule has 0 bridgehead atoms. The average molecular weight is 357 g/mol. The zero-order valence-electron chi connectivity index (χ0n) is 14.0. The average Bonchev–Trinajstić information content (AvgIpc) is 3.25. The van der Waals surface area contributed by atoms with E-state index in [-0.39, 0.29) is 5.75 Å². The standard InChI is InChI=1S/C17H19N5O2S/c1-3-21(4-2)13-8-7-12(14(23)10-13)11-18-22-16(19-20-17(22)25)15-6-5-9-24-15/h5-11,23H,3-4H2,1-2H3,(H,20,25). The number of nitrogens with zero attached hydrogens (tertiary/aromatic N) is 4. The van der Waals surface area contributed by atoms with Crippen molar-refractivity contribution in [2.45, 2.75) is 13.8 Å². The largest absolute Gasteiger partial charge is 0.507 e. The van der Waals surface area contributed by atoms with Crippen LogP contribution in [0.1, 0.15) is 19.4 Å². The Hall–Kier alpha value is -2.87. The van der Waals surface area contributed by atoms with Crippen LogP contribution in [0.15, 0.2) is 46.1 Å². The summed E-state index contributed by atoms with van der Waals surface area (Å²) in [6.07, 6.45) is 3.10. The van der Waals surface area contributed by atoms with Crippen LogP contribution < -0.4 is 4.90 Å². The lowest BCUT2D eigenvalue weighted by Gasteiger charge is -2.21. The van der Waals surface area contributed by atoms with Crippen molar-refractivity contribution in [2.24, 2.45) is 5.10 Å². The van der Waals surface area contributed by atoms with Crippen LogP contribution in [0.4, 0.5) is 5.69 Å². The van der Waals surface area contributed by atoms with Gasteiger partial charge in [-0.3, -0.25) is 0 Å². The van der Waals surface area contributed by atoms with Crippen LogP contribution >= 0.6 is 12.2 Å². The zero-order chi connectivity index (χ0) is 17.8. The number of rotatable bonds is 6. The van der Waals surface area contributed by atoms with Gasteiger partial charge in [0.1, 0.15) is 5.75 Å². The first-order valence-corrected chi connectivity index (χ1v) is 8.38. The number of aromatic nitrogens is 3. The normalized spacial score (nSPS) is 11.3. The van der Waals surface area contributed by atoms with Crippen molar-refractivity contribution in [1.82, 2.24) is 14.9 Å². The number of aromatic amines is 1. The fourth-order valence-corrected chi connectivity index (χ4v) is 2.69. The van der Waals surface area contributed by atoms with Crippen LogP contribution in [0.5, 0.6) is 5.75 Å². The summed E-state index contributed by atoms with van der Waals surface area (Å²) in [6.45, 7) is 5.90. The highest BCUT2D eigenvalue weighted by Crippen LogP contribution is 2.24. The Kier molecular flexibility index (Phi) is 4.99. The second-order valence-electron chi connectivity index (χ2n) is 5.30. The van der Waals surface area contributed by atoms with Crippen molar-refractivity contribution in [2.75, 3.05) is 18.0 Å². The van der Waals surface area contributed by atoms with E-state index in [9.17, 15) is 5.11 Å². The number of hydrogen-bond donors (Lipinski definition) is 2. The molecule has 3 rings (SSSR count). The molecule has 0 fully saturated rings. The van der Waals surface area contributed by atoms with Gasteiger partial charge in [0.2, 0.25) is 10.6 Å². The minimum absolute atomic E-state index is 0.155. The Morgan fingerprint density at radius 3 is 2.80 bits per heavy atom. The lowest BCUT2D eigenvalue weighted by atomic mass is 10.2. The van der Waals surface area contributed by atoms with Crippen molar-refractivity contribution < 1.29 is 9.52 Å². The molecule has 1 aromatic carbocycles. The summed E-state index contributed by atoms with van der Waals surface area (Å²) in [5.41, 5.74) is 1.56. The predicted octanol–water partition coefficient (Wildman–Crippen LogP) is 3.63. The molecule has 0 atom stereocenters. The minimum atomic E-state index is 0.155. The third kappa shape index (κ3) is 3.48. The third-order valence-electron chi connectivity index (χ3n) is 3.85. The van der Waals surface area contributed by atoms with Gasteiger partial charge in [0.05, 0.1) is 12.5 Å². The fraction of sp³-hybridized carbons (Fsp3) is 0.235. The van der Waals surface area contributed by atoms with Crippen LogP contribution in [0.25, 0.3) is 11.6 Å². The maximum absolute atomic E-state index is 10.3. The maximum Gasteiger partial charge on any atom is 0.219 e. The zero-order valence-corrected chi connectivity index (χ0v) is 14.8. The van der Waals surface area contributed by atoms with Gasteiger partial charge in [-0.25, -0.2) is 5.10 Å². The van der Waals surface area contributed by atoms with Crippen LogP contribution in [-0.4, -0.2) is 39.3 Å². The van der Waals surface area contributed by atoms with Crippen molar-refractivity contribution in [1.29, 1.82) is 0 Å². The Bertz CT molecular complexity index is 923. The van der Waals surface area contributed by atoms with E-state index in [1.54, 1.807) is 30.7 Å². The number of H-pyrrole nitrogens is 1. The number of hydrogen-bond acceptors (Lipinski definition) is 6. The molecule has 0 aliphatic heterocycles. The van der Waals surface area contributed by atoms with Crippen molar-refractivity contribution in [3.05, 3.63) is 46.9 Å². The van der Waals surface area contributed by atoms with E-state index in [2.05, 4.69) is 34.0 Å². The van der Waals surface area contributed by atoms with Gasteiger partial charge in [0.25, 0.3) is 0 Å². The Balaban J connectivity index is 1.91. The summed E-state index contributed by atoms with van der Waals surface area (Å²) in [5, 5.41) is 21.4. The number of benzene rings is 1. The lowest BCUT2D eigenvalue weighted by Crippen LogP contribution is -2.21. The second-order valence-corrected chi connectivity index (χ2v) is 5.69. The molecule has 25 heavy (non-hydrogen) atoms. The molecule has 2 aromatic heterocycles. The molecule has 0 amide bonds. The summed E-state index contributed by atoms with van der Waals surface area (Å²) < 4.78 is 7.12. The van der Waals surface area contributed by atoms with Crippen LogP contribution in [0.3, 0.4) is 0 Å². The van der Waals surface area contributed by atoms with E-state index >= 15 is 0 Å². The molecule has 2 N–H and O–H groups in total. The number of nitrogens with one attached hydrogen (secondary N) is 1. The van der Waals surface area contributed by atoms with Crippen LogP contribution in [0, 0.1) is 4.77 Å². The highest BCUT2D eigenvalue weighted by atomic mass is 32.1. The minimum Gasteiger partial charge on any atom is -0.507 e. The number of phenolic OH excluding ortho intramolecular Hbond substituents is 1. The van der Waals surface area contributed by atoms with Gasteiger partial charge < -0.3 is 14.4 Å². The molecule has 2 heterocycles. The lowest BCUT2D eigenvalue weighted by molar-refractivity contribution is 0.474. The Morgan fingerprint density at radius 1 is 1.36 bits per heavy atom. The van der Waals surface area contributed by atoms with Crippen LogP contribution in [0.2, 0.25) is 0 Å². The third-order valence-corrected chi connectivity index (χ3v) is 4.11. The smallest absolute Gasteiger partial charge is 0.219 e. The van der Waals surface area contributed by atoms with E-state index in [4.69, 9.17) is 16.6 Å². The number of anilines is 1. The SMILES string of the molecule is CCN(CC)c1ccc(C=Nn2c(-c3ccco3)n[nH]c2=S)c(O)c1. The van der Waals surface area contributed by atoms with E-state index in [0.29, 0.717) is 21.9 Å². The van der Waals surface area contributed by atoms with Crippen LogP contribution in [-0.2, 0) is 0 Å². The van der Waals surface area contributed by atoms with Crippen molar-refractivity contribution in [3.63, 3.8) is 0 Å². The number of furan rings is 1. The molecule has 0 aliphatic carbocycles. The van der Waals surface area contributed by atoms with Gasteiger partial charge in [0.15, 0.2) is 5.76 Å². The maximum atomic E-state index is 10.3. The van der Waals surface area contributed by atoms with Gasteiger partial charge in [0, 0.05) is 30.4 Å². The quantitative estimate of drug-likeness (QED) is 0.520. The van der Waals surface area contributed by atoms with Gasteiger partial charge in [-0.1, -0.05) is 0 Å². The molecule has 7 nitrogen and oxygen atoms in total. The first kappa shape index (κ1) is 17.0. The summed E-state index contributed by atoms with van der Waals surface area (Å²) in [4.78, 5) is 2.15. The van der Waals surface area contributed by atoms with E-state index < -0.39 is 0 Å². The summed E-state index contributed by atoms with van der Waals surface area (Å²) in [7, 11) is 0. The van der Waals surface area contributed by atoms with Gasteiger partial charge in [-0.05, 0) is 50.3 Å².